The summed E-state index contributed by atoms with van der Waals surface area (Å²) < 4.78 is 4.06. The van der Waals surface area contributed by atoms with Gasteiger partial charge >= 0.3 is 12.7 Å². The van der Waals surface area contributed by atoms with Crippen LogP contribution in [0.2, 0.25) is 0 Å². The molecule has 0 saturated heterocycles. The van der Waals surface area contributed by atoms with Crippen LogP contribution in [0.1, 0.15) is 27.7 Å². The average Bonchev–Trinajstić information content (AvgIpc) is 2.20. The molecule has 0 aliphatic heterocycles. The predicted molar refractivity (Wildman–Crippen MR) is 80.8 cm³/mol. The molecule has 0 aliphatic carbocycles. The molecule has 0 aromatic heterocycles. The molecule has 0 spiro atoms. The highest BCUT2D eigenvalue weighted by Gasteiger charge is 2.60. The second kappa shape index (κ2) is 7.19. The minimum Gasteiger partial charge on any atom is -0.300 e. The lowest BCUT2D eigenvalue weighted by Crippen LogP contribution is -2.68. The highest BCUT2D eigenvalue weighted by molar-refractivity contribution is 7.91. The van der Waals surface area contributed by atoms with Crippen LogP contribution in [0.5, 0.6) is 0 Å². The van der Waals surface area contributed by atoms with Gasteiger partial charge < -0.3 is 9.13 Å². The first-order valence-corrected chi connectivity index (χ1v) is 14.5. The maximum Gasteiger partial charge on any atom is 0.360 e. The van der Waals surface area contributed by atoms with Gasteiger partial charge in [0.15, 0.2) is 0 Å². The third-order valence-electron chi connectivity index (χ3n) is 2.68. The van der Waals surface area contributed by atoms with Crippen LogP contribution in [0.4, 0.5) is 0 Å². The molecule has 0 aliphatic rings. The van der Waals surface area contributed by atoms with Crippen molar-refractivity contribution in [3.63, 3.8) is 0 Å². The lowest BCUT2D eigenvalue weighted by Gasteiger charge is -2.41. The van der Waals surface area contributed by atoms with E-state index in [9.17, 15) is 0 Å². The SMILES string of the molecule is CCN(CC)[Si](Cl)(Cl)[Si](Cl)(Cl)N(CC)CC. The Morgan fingerprint density at radius 3 is 0.938 bits per heavy atom. The van der Waals surface area contributed by atoms with Gasteiger partial charge in [-0.3, -0.25) is 0 Å². The first-order chi connectivity index (χ1) is 7.29. The summed E-state index contributed by atoms with van der Waals surface area (Å²) in [6, 6.07) is 0. The standard InChI is InChI=1S/C8H20Cl4N2Si2/c1-5-13(6-2)15(9,10)16(11,12)14(7-3)8-4/h5-8H2,1-4H3. The van der Waals surface area contributed by atoms with Crippen molar-refractivity contribution in [2.24, 2.45) is 0 Å². The molecule has 0 unspecified atom stereocenters. The summed E-state index contributed by atoms with van der Waals surface area (Å²) in [6.45, 7) is 11.2. The smallest absolute Gasteiger partial charge is 0.300 e. The van der Waals surface area contributed by atoms with Gasteiger partial charge in [0, 0.05) is 0 Å². The Morgan fingerprint density at radius 2 is 0.812 bits per heavy atom. The fourth-order valence-corrected chi connectivity index (χ4v) is 15.3. The summed E-state index contributed by atoms with van der Waals surface area (Å²) in [7, 11) is 0. The van der Waals surface area contributed by atoms with Gasteiger partial charge in [-0.2, -0.15) is 0 Å². The first-order valence-electron chi connectivity index (χ1n) is 5.55. The predicted octanol–water partition coefficient (Wildman–Crippen LogP) is 3.58. The van der Waals surface area contributed by atoms with Gasteiger partial charge in [-0.05, 0) is 26.2 Å². The molecule has 16 heavy (non-hydrogen) atoms. The molecule has 0 atom stereocenters. The van der Waals surface area contributed by atoms with E-state index in [0.717, 1.165) is 26.2 Å². The van der Waals surface area contributed by atoms with E-state index in [1.54, 1.807) is 0 Å². The van der Waals surface area contributed by atoms with Crippen LogP contribution in [0.15, 0.2) is 0 Å². The van der Waals surface area contributed by atoms with Gasteiger partial charge in [-0.15, -0.1) is 44.3 Å². The van der Waals surface area contributed by atoms with Crippen molar-refractivity contribution in [1.29, 1.82) is 0 Å². The van der Waals surface area contributed by atoms with E-state index in [2.05, 4.69) is 0 Å². The quantitative estimate of drug-likeness (QED) is 0.515. The molecule has 98 valence electrons. The Hall–Kier alpha value is 1.51. The molecule has 0 N–H and O–H groups in total. The van der Waals surface area contributed by atoms with Crippen LogP contribution < -0.4 is 0 Å². The molecule has 0 heterocycles. The third-order valence-corrected chi connectivity index (χ3v) is 26.5. The number of halogens is 4. The third kappa shape index (κ3) is 3.51. The van der Waals surface area contributed by atoms with Crippen molar-refractivity contribution in [2.45, 2.75) is 27.7 Å². The lowest BCUT2D eigenvalue weighted by atomic mass is 10.7. The number of rotatable bonds is 7. The van der Waals surface area contributed by atoms with Gasteiger partial charge in [-0.1, -0.05) is 27.7 Å². The van der Waals surface area contributed by atoms with E-state index in [0.29, 0.717) is 0 Å². The minimum atomic E-state index is -2.79. The Labute approximate surface area is 120 Å². The average molecular weight is 342 g/mol. The molecule has 0 aromatic carbocycles. The second-order valence-corrected chi connectivity index (χ2v) is 22.7. The van der Waals surface area contributed by atoms with Crippen LogP contribution in [0.3, 0.4) is 0 Å². The Balaban J connectivity index is 5.08. The first kappa shape index (κ1) is 17.5. The second-order valence-electron chi connectivity index (χ2n) is 3.43. The molecule has 0 fully saturated rings. The number of hydrogen-bond donors (Lipinski definition) is 0. The Morgan fingerprint density at radius 1 is 0.625 bits per heavy atom. The monoisotopic (exact) mass is 340 g/mol. The van der Waals surface area contributed by atoms with Crippen molar-refractivity contribution in [3.8, 4) is 0 Å². The van der Waals surface area contributed by atoms with E-state index in [1.807, 2.05) is 36.8 Å². The van der Waals surface area contributed by atoms with Gasteiger partial charge in [0.25, 0.3) is 0 Å². The highest BCUT2D eigenvalue weighted by Crippen LogP contribution is 2.38. The summed E-state index contributed by atoms with van der Waals surface area (Å²) in [5.41, 5.74) is 0. The van der Waals surface area contributed by atoms with E-state index in [1.165, 1.54) is 0 Å². The Kier molecular flexibility index (Phi) is 7.87. The largest absolute Gasteiger partial charge is 0.360 e. The fourth-order valence-electron chi connectivity index (χ4n) is 1.62. The van der Waals surface area contributed by atoms with Gasteiger partial charge in [0.1, 0.15) is 0 Å². The van der Waals surface area contributed by atoms with Crippen LogP contribution in [0, 0.1) is 0 Å². The van der Waals surface area contributed by atoms with Crippen LogP contribution >= 0.6 is 44.3 Å². The molecule has 8 heteroatoms. The molecule has 0 rings (SSSR count). The van der Waals surface area contributed by atoms with E-state index in [-0.39, 0.29) is 0 Å². The summed E-state index contributed by atoms with van der Waals surface area (Å²) in [5, 5.41) is 0. The van der Waals surface area contributed by atoms with Crippen molar-refractivity contribution < 1.29 is 0 Å². The zero-order chi connectivity index (χ0) is 13.0. The van der Waals surface area contributed by atoms with Crippen molar-refractivity contribution in [1.82, 2.24) is 9.13 Å². The topological polar surface area (TPSA) is 6.48 Å². The molecular formula is C8H20Cl4N2Si2. The Bertz CT molecular complexity index is 186. The maximum absolute atomic E-state index is 6.53. The maximum atomic E-state index is 6.53. The van der Waals surface area contributed by atoms with E-state index < -0.39 is 12.7 Å². The summed E-state index contributed by atoms with van der Waals surface area (Å²) >= 11 is 26.1. The fraction of sp³-hybridized carbons (Fsp3) is 1.00. The van der Waals surface area contributed by atoms with Crippen molar-refractivity contribution in [3.05, 3.63) is 0 Å². The lowest BCUT2D eigenvalue weighted by molar-refractivity contribution is 0.469. The van der Waals surface area contributed by atoms with Crippen molar-refractivity contribution >= 4 is 57.1 Å². The summed E-state index contributed by atoms with van der Waals surface area (Å²) in [4.78, 5) is 0. The number of hydrogen-bond acceptors (Lipinski definition) is 2. The molecule has 0 bridgehead atoms. The molecule has 0 radical (unpaired) electrons. The zero-order valence-corrected chi connectivity index (χ0v) is 15.3. The zero-order valence-electron chi connectivity index (χ0n) is 10.2. The molecular weight excluding hydrogens is 322 g/mol. The van der Waals surface area contributed by atoms with E-state index in [4.69, 9.17) is 44.3 Å². The van der Waals surface area contributed by atoms with Crippen LogP contribution in [0.25, 0.3) is 0 Å². The molecule has 0 saturated carbocycles. The van der Waals surface area contributed by atoms with Gasteiger partial charge in [0.05, 0.1) is 0 Å². The summed E-state index contributed by atoms with van der Waals surface area (Å²) in [6.07, 6.45) is -5.58. The van der Waals surface area contributed by atoms with Crippen molar-refractivity contribution in [2.75, 3.05) is 26.2 Å². The van der Waals surface area contributed by atoms with Crippen LogP contribution in [-0.2, 0) is 0 Å². The number of nitrogens with zero attached hydrogens (tertiary/aromatic N) is 2. The molecule has 2 nitrogen and oxygen atoms in total. The minimum absolute atomic E-state index is 0.783. The normalized spacial score (nSPS) is 13.9. The molecule has 0 amide bonds. The summed E-state index contributed by atoms with van der Waals surface area (Å²) in [5.74, 6) is 0. The van der Waals surface area contributed by atoms with E-state index >= 15 is 0 Å². The van der Waals surface area contributed by atoms with Gasteiger partial charge in [-0.25, -0.2) is 0 Å². The van der Waals surface area contributed by atoms with Crippen LogP contribution in [-0.4, -0.2) is 48.1 Å². The molecule has 0 aromatic rings. The highest BCUT2D eigenvalue weighted by atomic mass is 35.8. The van der Waals surface area contributed by atoms with Gasteiger partial charge in [0.2, 0.25) is 0 Å².